The van der Waals surface area contributed by atoms with Crippen molar-refractivity contribution < 1.29 is 19.5 Å². The van der Waals surface area contributed by atoms with Crippen molar-refractivity contribution in [3.8, 4) is 0 Å². The summed E-state index contributed by atoms with van der Waals surface area (Å²) in [5, 5.41) is 15.1. The quantitative estimate of drug-likeness (QED) is 0.554. The van der Waals surface area contributed by atoms with Crippen molar-refractivity contribution >= 4 is 17.7 Å². The van der Waals surface area contributed by atoms with Crippen LogP contribution in [-0.2, 0) is 22.7 Å². The lowest BCUT2D eigenvalue weighted by Gasteiger charge is -2.29. The molecule has 0 radical (unpaired) electrons. The summed E-state index contributed by atoms with van der Waals surface area (Å²) in [5.41, 5.74) is 2.49. The van der Waals surface area contributed by atoms with Crippen molar-refractivity contribution in [2.24, 2.45) is 0 Å². The molecule has 3 rings (SSSR count). The number of nitrogens with zero attached hydrogens (tertiary/aromatic N) is 2. The van der Waals surface area contributed by atoms with Crippen LogP contribution >= 0.6 is 0 Å². The molecule has 0 saturated carbocycles. The number of amides is 3. The summed E-state index contributed by atoms with van der Waals surface area (Å²) in [6, 6.07) is 5.17. The Bertz CT molecular complexity index is 751. The minimum absolute atomic E-state index is 0.167. The van der Waals surface area contributed by atoms with Crippen molar-refractivity contribution in [3.63, 3.8) is 0 Å². The van der Waals surface area contributed by atoms with E-state index in [1.165, 1.54) is 0 Å². The number of carbonyl (C=O) groups is 3. The third kappa shape index (κ3) is 4.35. The average molecular weight is 374 g/mol. The Morgan fingerprint density at radius 1 is 1.37 bits per heavy atom. The molecule has 2 heterocycles. The second kappa shape index (κ2) is 8.16. The molecule has 3 N–H and O–H groups in total. The lowest BCUT2D eigenvalue weighted by atomic mass is 10.0. The van der Waals surface area contributed by atoms with Crippen LogP contribution in [0.25, 0.3) is 0 Å². The first kappa shape index (κ1) is 19.5. The van der Waals surface area contributed by atoms with E-state index >= 15 is 0 Å². The highest BCUT2D eigenvalue weighted by molar-refractivity contribution is 6.05. The largest absolute Gasteiger partial charge is 0.390 e. The van der Waals surface area contributed by atoms with E-state index in [9.17, 15) is 19.5 Å². The van der Waals surface area contributed by atoms with Gasteiger partial charge in [0.25, 0.3) is 5.91 Å². The van der Waals surface area contributed by atoms with Crippen LogP contribution in [0.5, 0.6) is 0 Å². The molecular formula is C19H26N4O4. The summed E-state index contributed by atoms with van der Waals surface area (Å²) in [6.45, 7) is 2.04. The molecule has 0 aromatic heterocycles. The Morgan fingerprint density at radius 3 is 2.85 bits per heavy atom. The zero-order valence-corrected chi connectivity index (χ0v) is 15.7. The van der Waals surface area contributed by atoms with E-state index in [1.54, 1.807) is 11.9 Å². The third-order valence-electron chi connectivity index (χ3n) is 5.01. The number of aliphatic hydroxyl groups excluding tert-OH is 1. The Morgan fingerprint density at radius 2 is 2.15 bits per heavy atom. The molecule has 2 aliphatic rings. The molecule has 1 saturated heterocycles. The smallest absolute Gasteiger partial charge is 0.255 e. The fourth-order valence-corrected chi connectivity index (χ4v) is 3.74. The van der Waals surface area contributed by atoms with Crippen molar-refractivity contribution in [2.45, 2.75) is 38.1 Å². The number of benzene rings is 1. The van der Waals surface area contributed by atoms with Gasteiger partial charge in [0.05, 0.1) is 6.10 Å². The third-order valence-corrected chi connectivity index (χ3v) is 5.01. The zero-order chi connectivity index (χ0) is 19.6. The number of likely N-dealkylation sites (N-methyl/N-ethyl adjacent to an activating group) is 2. The highest BCUT2D eigenvalue weighted by atomic mass is 16.3. The maximum absolute atomic E-state index is 12.8. The molecule has 27 heavy (non-hydrogen) atoms. The van der Waals surface area contributed by atoms with Gasteiger partial charge in [0.1, 0.15) is 6.04 Å². The van der Waals surface area contributed by atoms with Gasteiger partial charge in [0, 0.05) is 38.2 Å². The lowest BCUT2D eigenvalue weighted by Crippen LogP contribution is -2.52. The van der Waals surface area contributed by atoms with Gasteiger partial charge in [0.2, 0.25) is 11.8 Å². The van der Waals surface area contributed by atoms with Crippen LogP contribution in [0.2, 0.25) is 0 Å². The summed E-state index contributed by atoms with van der Waals surface area (Å²) in [4.78, 5) is 39.8. The van der Waals surface area contributed by atoms with Crippen LogP contribution in [0.3, 0.4) is 0 Å². The van der Waals surface area contributed by atoms with Crippen molar-refractivity contribution in [3.05, 3.63) is 34.9 Å². The first-order chi connectivity index (χ1) is 12.9. The standard InChI is InChI=1S/C19H26N4O4/c1-20-8-14(24)11-22(2)9-12-3-4-13-10-23(19(27)15(13)7-12)16-5-6-17(25)21-18(16)26/h3-4,7,14,16,20,24H,5-6,8-11H2,1-2H3,(H,21,25,26). The van der Waals surface area contributed by atoms with E-state index in [4.69, 9.17) is 0 Å². The Hall–Kier alpha value is -2.29. The molecule has 0 aliphatic carbocycles. The summed E-state index contributed by atoms with van der Waals surface area (Å²) in [7, 11) is 3.72. The summed E-state index contributed by atoms with van der Waals surface area (Å²) >= 11 is 0. The molecule has 0 bridgehead atoms. The van der Waals surface area contributed by atoms with Crippen molar-refractivity contribution in [2.75, 3.05) is 27.2 Å². The van der Waals surface area contributed by atoms with Gasteiger partial charge in [-0.25, -0.2) is 0 Å². The minimum atomic E-state index is -0.592. The first-order valence-electron chi connectivity index (χ1n) is 9.16. The SMILES string of the molecule is CNCC(O)CN(C)Cc1ccc2c(c1)C(=O)N(C1CCC(=O)NC1=O)C2. The molecule has 1 aromatic rings. The lowest BCUT2D eigenvalue weighted by molar-refractivity contribution is -0.136. The normalized spacial score (nSPS) is 20.8. The average Bonchev–Trinajstić information content (AvgIpc) is 2.91. The molecule has 2 atom stereocenters. The van der Waals surface area contributed by atoms with E-state index in [0.29, 0.717) is 38.2 Å². The van der Waals surface area contributed by atoms with E-state index < -0.39 is 18.1 Å². The van der Waals surface area contributed by atoms with Gasteiger partial charge >= 0.3 is 0 Å². The van der Waals surface area contributed by atoms with Gasteiger partial charge in [-0.15, -0.1) is 0 Å². The molecule has 3 amide bonds. The topological polar surface area (TPSA) is 102 Å². The van der Waals surface area contributed by atoms with Crippen LogP contribution in [0, 0.1) is 0 Å². The van der Waals surface area contributed by atoms with E-state index in [1.807, 2.05) is 30.1 Å². The Labute approximate surface area is 158 Å². The number of hydrogen-bond donors (Lipinski definition) is 3. The second-order valence-electron chi connectivity index (χ2n) is 7.30. The number of carbonyl (C=O) groups excluding carboxylic acids is 3. The maximum Gasteiger partial charge on any atom is 0.255 e. The molecule has 1 aromatic carbocycles. The van der Waals surface area contributed by atoms with Crippen LogP contribution in [0.4, 0.5) is 0 Å². The fourth-order valence-electron chi connectivity index (χ4n) is 3.74. The molecular weight excluding hydrogens is 348 g/mol. The van der Waals surface area contributed by atoms with Crippen LogP contribution in [0.15, 0.2) is 18.2 Å². The molecule has 2 aliphatic heterocycles. The number of nitrogens with one attached hydrogen (secondary N) is 2. The number of piperidine rings is 1. The summed E-state index contributed by atoms with van der Waals surface area (Å²) < 4.78 is 0. The summed E-state index contributed by atoms with van der Waals surface area (Å²) in [5.74, 6) is -0.851. The van der Waals surface area contributed by atoms with Gasteiger partial charge < -0.3 is 15.3 Å². The number of imide groups is 1. The van der Waals surface area contributed by atoms with Gasteiger partial charge in [-0.2, -0.15) is 0 Å². The van der Waals surface area contributed by atoms with Crippen LogP contribution in [0.1, 0.15) is 34.3 Å². The number of fused-ring (bicyclic) bond motifs is 1. The fraction of sp³-hybridized carbons (Fsp3) is 0.526. The van der Waals surface area contributed by atoms with E-state index in [2.05, 4.69) is 10.6 Å². The van der Waals surface area contributed by atoms with Gasteiger partial charge in [-0.1, -0.05) is 12.1 Å². The maximum atomic E-state index is 12.8. The van der Waals surface area contributed by atoms with Crippen LogP contribution in [-0.4, -0.2) is 72.0 Å². The van der Waals surface area contributed by atoms with Crippen molar-refractivity contribution in [1.82, 2.24) is 20.4 Å². The van der Waals surface area contributed by atoms with Gasteiger partial charge in [0.15, 0.2) is 0 Å². The predicted octanol–water partition coefficient (Wildman–Crippen LogP) is -0.540. The minimum Gasteiger partial charge on any atom is -0.390 e. The first-order valence-corrected chi connectivity index (χ1v) is 9.16. The van der Waals surface area contributed by atoms with E-state index in [0.717, 1.165) is 11.1 Å². The number of aliphatic hydroxyl groups is 1. The van der Waals surface area contributed by atoms with Crippen LogP contribution < -0.4 is 10.6 Å². The Kier molecular flexibility index (Phi) is 5.88. The van der Waals surface area contributed by atoms with Crippen molar-refractivity contribution in [1.29, 1.82) is 0 Å². The molecule has 8 heteroatoms. The monoisotopic (exact) mass is 374 g/mol. The van der Waals surface area contributed by atoms with E-state index in [-0.39, 0.29) is 18.2 Å². The predicted molar refractivity (Wildman–Crippen MR) is 98.8 cm³/mol. The molecule has 8 nitrogen and oxygen atoms in total. The second-order valence-corrected chi connectivity index (χ2v) is 7.30. The Balaban J connectivity index is 1.67. The molecule has 146 valence electrons. The zero-order valence-electron chi connectivity index (χ0n) is 15.7. The highest BCUT2D eigenvalue weighted by Gasteiger charge is 2.39. The number of hydrogen-bond acceptors (Lipinski definition) is 6. The van der Waals surface area contributed by atoms with Gasteiger partial charge in [-0.05, 0) is 37.7 Å². The summed E-state index contributed by atoms with van der Waals surface area (Å²) in [6.07, 6.45) is 0.157. The van der Waals surface area contributed by atoms with Gasteiger partial charge in [-0.3, -0.25) is 24.6 Å². The highest BCUT2D eigenvalue weighted by Crippen LogP contribution is 2.28. The number of rotatable bonds is 7. The molecule has 0 spiro atoms. The molecule has 1 fully saturated rings. The molecule has 2 unspecified atom stereocenters.